The number of nitrogens with one attached hydrogen (secondary N) is 1. The van der Waals surface area contributed by atoms with Crippen molar-refractivity contribution in [1.29, 1.82) is 0 Å². The van der Waals surface area contributed by atoms with Gasteiger partial charge in [-0.2, -0.15) is 5.10 Å². The number of nitrogens with zero attached hydrogens (tertiary/aromatic N) is 1. The van der Waals surface area contributed by atoms with Crippen molar-refractivity contribution in [3.05, 3.63) is 34.1 Å². The lowest BCUT2D eigenvalue weighted by Gasteiger charge is -1.97. The molecule has 0 amide bonds. The summed E-state index contributed by atoms with van der Waals surface area (Å²) in [6.07, 6.45) is 1.49. The third-order valence-electron chi connectivity index (χ3n) is 1.33. The molecule has 0 atom stereocenters. The van der Waals surface area contributed by atoms with Crippen molar-refractivity contribution < 1.29 is 4.39 Å². The molecule has 0 aliphatic heterocycles. The second-order valence-corrected chi connectivity index (χ2v) is 3.70. The van der Waals surface area contributed by atoms with Crippen molar-refractivity contribution in [2.75, 3.05) is 0 Å². The molecule has 3 N–H and O–H groups in total. The van der Waals surface area contributed by atoms with Crippen LogP contribution in [-0.2, 0) is 0 Å². The highest BCUT2D eigenvalue weighted by Crippen LogP contribution is 2.15. The zero-order valence-corrected chi connectivity index (χ0v) is 9.40. The van der Waals surface area contributed by atoms with Crippen LogP contribution in [0.3, 0.4) is 0 Å². The number of nitrogens with two attached hydrogens (primary N) is 1. The van der Waals surface area contributed by atoms with Crippen LogP contribution in [0, 0.1) is 5.82 Å². The van der Waals surface area contributed by atoms with Gasteiger partial charge in [-0.1, -0.05) is 6.07 Å². The van der Waals surface area contributed by atoms with E-state index in [0.29, 0.717) is 4.47 Å². The first-order valence-electron chi connectivity index (χ1n) is 3.63. The van der Waals surface area contributed by atoms with Crippen molar-refractivity contribution in [2.45, 2.75) is 0 Å². The maximum atomic E-state index is 12.8. The Balaban J connectivity index is 2.73. The van der Waals surface area contributed by atoms with Gasteiger partial charge in [-0.05, 0) is 45.8 Å². The van der Waals surface area contributed by atoms with Crippen LogP contribution in [0.25, 0.3) is 0 Å². The van der Waals surface area contributed by atoms with E-state index in [1.54, 1.807) is 12.1 Å². The Hall–Kier alpha value is -1.01. The number of hydrogen-bond acceptors (Lipinski definition) is 2. The minimum Gasteiger partial charge on any atom is -0.375 e. The smallest absolute Gasteiger partial charge is 0.184 e. The standard InChI is InChI=1S/C8H7BrFN3S/c9-6-3-5(1-2-7(6)10)4-12-13-8(11)14/h1-4H,(H3,11,13,14). The molecule has 0 bridgehead atoms. The molecule has 0 heterocycles. The zero-order chi connectivity index (χ0) is 10.6. The summed E-state index contributed by atoms with van der Waals surface area (Å²) in [5.41, 5.74) is 8.28. The highest BCUT2D eigenvalue weighted by Gasteiger charge is 1.97. The highest BCUT2D eigenvalue weighted by molar-refractivity contribution is 9.10. The molecule has 0 radical (unpaired) electrons. The van der Waals surface area contributed by atoms with Crippen LogP contribution in [0.2, 0.25) is 0 Å². The molecule has 6 heteroatoms. The summed E-state index contributed by atoms with van der Waals surface area (Å²) in [7, 11) is 0. The third kappa shape index (κ3) is 3.39. The number of rotatable bonds is 2. The Morgan fingerprint density at radius 3 is 2.93 bits per heavy atom. The van der Waals surface area contributed by atoms with Gasteiger partial charge in [0.1, 0.15) is 5.82 Å². The maximum absolute atomic E-state index is 12.8. The predicted octanol–water partition coefficient (Wildman–Crippen LogP) is 1.76. The quantitative estimate of drug-likeness (QED) is 0.491. The van der Waals surface area contributed by atoms with Crippen LogP contribution in [0.4, 0.5) is 4.39 Å². The van der Waals surface area contributed by atoms with Crippen LogP contribution < -0.4 is 11.2 Å². The van der Waals surface area contributed by atoms with Gasteiger partial charge in [0.2, 0.25) is 0 Å². The molecule has 0 saturated carbocycles. The average molecular weight is 276 g/mol. The van der Waals surface area contributed by atoms with E-state index in [9.17, 15) is 4.39 Å². The highest BCUT2D eigenvalue weighted by atomic mass is 79.9. The van der Waals surface area contributed by atoms with Gasteiger partial charge in [-0.15, -0.1) is 0 Å². The van der Waals surface area contributed by atoms with Gasteiger partial charge in [-0.25, -0.2) is 4.39 Å². The minimum atomic E-state index is -0.315. The lowest BCUT2D eigenvalue weighted by Crippen LogP contribution is -2.23. The molecule has 0 aromatic heterocycles. The van der Waals surface area contributed by atoms with Gasteiger partial charge < -0.3 is 5.73 Å². The summed E-state index contributed by atoms with van der Waals surface area (Å²) in [5, 5.41) is 3.81. The lowest BCUT2D eigenvalue weighted by atomic mass is 10.2. The van der Waals surface area contributed by atoms with Crippen molar-refractivity contribution in [2.24, 2.45) is 10.8 Å². The SMILES string of the molecule is NC(=S)NN=Cc1ccc(F)c(Br)c1. The third-order valence-corrected chi connectivity index (χ3v) is 2.03. The molecule has 0 saturated heterocycles. The number of halogens is 2. The number of hydrogen-bond donors (Lipinski definition) is 2. The summed E-state index contributed by atoms with van der Waals surface area (Å²) in [5.74, 6) is -0.315. The van der Waals surface area contributed by atoms with E-state index < -0.39 is 0 Å². The van der Waals surface area contributed by atoms with E-state index in [1.165, 1.54) is 12.3 Å². The normalized spacial score (nSPS) is 10.4. The monoisotopic (exact) mass is 275 g/mol. The molecule has 3 nitrogen and oxygen atoms in total. The minimum absolute atomic E-state index is 0.0856. The number of hydrazone groups is 1. The van der Waals surface area contributed by atoms with Crippen LogP contribution in [0.5, 0.6) is 0 Å². The van der Waals surface area contributed by atoms with Crippen LogP contribution in [0.15, 0.2) is 27.8 Å². The molecular weight excluding hydrogens is 269 g/mol. The van der Waals surface area contributed by atoms with Crippen LogP contribution in [0.1, 0.15) is 5.56 Å². The summed E-state index contributed by atoms with van der Waals surface area (Å²) in [6, 6.07) is 4.52. The summed E-state index contributed by atoms with van der Waals surface area (Å²) in [4.78, 5) is 0. The number of benzene rings is 1. The molecule has 74 valence electrons. The second-order valence-electron chi connectivity index (χ2n) is 2.41. The fourth-order valence-corrected chi connectivity index (χ4v) is 1.21. The van der Waals surface area contributed by atoms with E-state index in [-0.39, 0.29) is 10.9 Å². The van der Waals surface area contributed by atoms with Gasteiger partial charge in [0.15, 0.2) is 5.11 Å². The van der Waals surface area contributed by atoms with Crippen molar-refractivity contribution >= 4 is 39.5 Å². The Bertz CT molecular complexity index is 381. The first-order chi connectivity index (χ1) is 6.59. The maximum Gasteiger partial charge on any atom is 0.184 e. The molecular formula is C8H7BrFN3S. The van der Waals surface area contributed by atoms with E-state index in [1.807, 2.05) is 0 Å². The van der Waals surface area contributed by atoms with Crippen molar-refractivity contribution in [1.82, 2.24) is 5.43 Å². The zero-order valence-electron chi connectivity index (χ0n) is 7.00. The largest absolute Gasteiger partial charge is 0.375 e. The molecule has 14 heavy (non-hydrogen) atoms. The van der Waals surface area contributed by atoms with E-state index >= 15 is 0 Å². The van der Waals surface area contributed by atoms with Crippen LogP contribution >= 0.6 is 28.1 Å². The summed E-state index contributed by atoms with van der Waals surface area (Å²) >= 11 is 7.60. The molecule has 1 aromatic carbocycles. The van der Waals surface area contributed by atoms with Crippen molar-refractivity contribution in [3.63, 3.8) is 0 Å². The first-order valence-corrected chi connectivity index (χ1v) is 4.83. The molecule has 0 fully saturated rings. The van der Waals surface area contributed by atoms with Gasteiger partial charge >= 0.3 is 0 Å². The van der Waals surface area contributed by atoms with Gasteiger partial charge in [0.05, 0.1) is 10.7 Å². The first kappa shape index (κ1) is 11.1. The fourth-order valence-electron chi connectivity index (χ4n) is 0.763. The topological polar surface area (TPSA) is 50.4 Å². The van der Waals surface area contributed by atoms with E-state index in [2.05, 4.69) is 38.7 Å². The van der Waals surface area contributed by atoms with Gasteiger partial charge in [-0.3, -0.25) is 5.43 Å². The lowest BCUT2D eigenvalue weighted by molar-refractivity contribution is 0.621. The molecule has 0 aliphatic rings. The molecule has 1 aromatic rings. The van der Waals surface area contributed by atoms with E-state index in [0.717, 1.165) is 5.56 Å². The molecule has 0 aliphatic carbocycles. The fraction of sp³-hybridized carbons (Fsp3) is 0. The molecule has 0 spiro atoms. The number of thiocarbonyl (C=S) groups is 1. The molecule has 0 unspecified atom stereocenters. The van der Waals surface area contributed by atoms with Crippen molar-refractivity contribution in [3.8, 4) is 0 Å². The van der Waals surface area contributed by atoms with Gasteiger partial charge in [0.25, 0.3) is 0 Å². The summed E-state index contributed by atoms with van der Waals surface area (Å²) < 4.78 is 13.2. The van der Waals surface area contributed by atoms with Gasteiger partial charge in [0, 0.05) is 0 Å². The second kappa shape index (κ2) is 5.02. The Labute approximate surface area is 94.3 Å². The van der Waals surface area contributed by atoms with E-state index in [4.69, 9.17) is 5.73 Å². The molecule has 1 rings (SSSR count). The average Bonchev–Trinajstić information content (AvgIpc) is 2.10. The summed E-state index contributed by atoms with van der Waals surface area (Å²) in [6.45, 7) is 0. The van der Waals surface area contributed by atoms with Crippen LogP contribution in [-0.4, -0.2) is 11.3 Å². The predicted molar refractivity (Wildman–Crippen MR) is 61.6 cm³/mol. The Kier molecular flexibility index (Phi) is 3.97. The Morgan fingerprint density at radius 2 is 2.36 bits per heavy atom. The Morgan fingerprint density at radius 1 is 1.64 bits per heavy atom.